The highest BCUT2D eigenvalue weighted by Gasteiger charge is 2.08. The van der Waals surface area contributed by atoms with Crippen LogP contribution < -0.4 is 11.1 Å². The van der Waals surface area contributed by atoms with Crippen molar-refractivity contribution in [2.24, 2.45) is 12.8 Å². The largest absolute Gasteiger partial charge is 0.368 e. The zero-order chi connectivity index (χ0) is 21.7. The average Bonchev–Trinajstić information content (AvgIpc) is 3.33. The highest BCUT2D eigenvalue weighted by atomic mass is 19.1. The van der Waals surface area contributed by atoms with Crippen molar-refractivity contribution >= 4 is 23.4 Å². The Morgan fingerprint density at radius 3 is 2.73 bits per heavy atom. The monoisotopic (exact) mass is 407 g/mol. The van der Waals surface area contributed by atoms with Crippen LogP contribution in [0.15, 0.2) is 54.9 Å². The predicted molar refractivity (Wildman–Crippen MR) is 113 cm³/mol. The number of nitrogen functional groups attached to an aromatic ring is 1. The Morgan fingerprint density at radius 1 is 1.30 bits per heavy atom. The lowest BCUT2D eigenvalue weighted by atomic mass is 10.2. The third-order valence-corrected chi connectivity index (χ3v) is 4.58. The number of carbonyl (C=O) groups is 1. The highest BCUT2D eigenvalue weighted by molar-refractivity contribution is 5.81. The Hall–Kier alpha value is -4.01. The van der Waals surface area contributed by atoms with Crippen molar-refractivity contribution in [2.45, 2.75) is 13.5 Å². The number of hydrogen-bond donors (Lipinski definition) is 3. The molecule has 1 amide bonds. The molecule has 4 aromatic rings. The summed E-state index contributed by atoms with van der Waals surface area (Å²) in [6.07, 6.45) is 3.91. The van der Waals surface area contributed by atoms with Gasteiger partial charge in [-0.05, 0) is 31.2 Å². The van der Waals surface area contributed by atoms with Crippen LogP contribution in [-0.2, 0) is 18.4 Å². The van der Waals surface area contributed by atoms with Gasteiger partial charge in [-0.2, -0.15) is 5.10 Å². The third-order valence-electron chi connectivity index (χ3n) is 4.58. The minimum Gasteiger partial charge on any atom is -0.368 e. The van der Waals surface area contributed by atoms with E-state index in [0.29, 0.717) is 12.0 Å². The van der Waals surface area contributed by atoms with Gasteiger partial charge in [0.05, 0.1) is 11.9 Å². The maximum Gasteiger partial charge on any atom is 0.213 e. The lowest BCUT2D eigenvalue weighted by molar-refractivity contribution is -0.109. The molecule has 0 bridgehead atoms. The maximum absolute atomic E-state index is 12.8. The molecule has 4 rings (SSSR count). The Labute approximate surface area is 172 Å². The average molecular weight is 407 g/mol. The molecule has 0 aliphatic carbocycles. The molecule has 0 aliphatic heterocycles. The Bertz CT molecular complexity index is 1200. The van der Waals surface area contributed by atoms with E-state index in [1.54, 1.807) is 30.6 Å². The van der Waals surface area contributed by atoms with Crippen LogP contribution in [0.3, 0.4) is 0 Å². The number of fused-ring (bicyclic) bond motifs is 1. The number of aryl methyl sites for hydroxylation is 2. The van der Waals surface area contributed by atoms with Crippen molar-refractivity contribution in [3.63, 3.8) is 0 Å². The van der Waals surface area contributed by atoms with Crippen molar-refractivity contribution in [1.29, 1.82) is 5.41 Å². The van der Waals surface area contributed by atoms with E-state index in [9.17, 15) is 9.18 Å². The molecule has 0 atom stereocenters. The molecule has 0 radical (unpaired) electrons. The summed E-state index contributed by atoms with van der Waals surface area (Å²) in [5.41, 5.74) is 9.65. The third kappa shape index (κ3) is 4.52. The number of hydrogen-bond acceptors (Lipinski definition) is 4. The molecule has 3 heterocycles. The van der Waals surface area contributed by atoms with Crippen molar-refractivity contribution in [3.8, 4) is 11.3 Å². The second-order valence-electron chi connectivity index (χ2n) is 6.60. The zero-order valence-electron chi connectivity index (χ0n) is 16.6. The smallest absolute Gasteiger partial charge is 0.213 e. The van der Waals surface area contributed by atoms with Crippen LogP contribution in [0.5, 0.6) is 0 Å². The minimum absolute atomic E-state index is 0.109. The number of aromatic nitrogens is 4. The summed E-state index contributed by atoms with van der Waals surface area (Å²) in [5, 5.41) is 14.9. The second kappa shape index (κ2) is 8.99. The van der Waals surface area contributed by atoms with Gasteiger partial charge in [0.1, 0.15) is 11.5 Å². The molecule has 0 fully saturated rings. The quantitative estimate of drug-likeness (QED) is 0.274. The van der Waals surface area contributed by atoms with Crippen molar-refractivity contribution in [3.05, 3.63) is 71.9 Å². The minimum atomic E-state index is -0.290. The van der Waals surface area contributed by atoms with Crippen LogP contribution in [0.25, 0.3) is 22.3 Å². The standard InChI is InChI=1S/C13H14N6.C8H8FNO/c1-8-5-9-3-4-11(17-12(9)18(8)2)10-6-16-19(7-10)13(14)15;9-8-4-2-1-3-7(8)5-10-6-11/h3-7H,1-2H3,(H3,14,15);1-4,6H,5H2,(H,10,11). The molecular formula is C21H22FN7O. The number of nitrogens with two attached hydrogens (primary N) is 1. The SMILES string of the molecule is Cc1cc2ccc(-c3cnn(C(=N)N)c3)nc2n1C.O=CNCc1ccccc1F. The van der Waals surface area contributed by atoms with Gasteiger partial charge in [-0.3, -0.25) is 10.2 Å². The summed E-state index contributed by atoms with van der Waals surface area (Å²) < 4.78 is 16.1. The summed E-state index contributed by atoms with van der Waals surface area (Å²) in [5.74, 6) is -0.399. The van der Waals surface area contributed by atoms with Crippen LogP contribution in [-0.4, -0.2) is 31.7 Å². The van der Waals surface area contributed by atoms with E-state index in [-0.39, 0.29) is 18.3 Å². The number of carbonyl (C=O) groups excluding carboxylic acids is 1. The number of nitrogens with one attached hydrogen (secondary N) is 2. The number of halogens is 1. The molecule has 0 saturated carbocycles. The summed E-state index contributed by atoms with van der Waals surface area (Å²) in [6.45, 7) is 2.30. The first-order chi connectivity index (χ1) is 14.4. The van der Waals surface area contributed by atoms with Crippen LogP contribution >= 0.6 is 0 Å². The van der Waals surface area contributed by atoms with Crippen LogP contribution in [0.2, 0.25) is 0 Å². The molecule has 0 aliphatic rings. The summed E-state index contributed by atoms with van der Waals surface area (Å²) in [7, 11) is 1.99. The Kier molecular flexibility index (Phi) is 6.21. The van der Waals surface area contributed by atoms with E-state index in [4.69, 9.17) is 11.1 Å². The molecule has 8 nitrogen and oxygen atoms in total. The topological polar surface area (TPSA) is 115 Å². The number of nitrogens with zero attached hydrogens (tertiary/aromatic N) is 4. The Morgan fingerprint density at radius 2 is 2.07 bits per heavy atom. The van der Waals surface area contributed by atoms with E-state index in [2.05, 4.69) is 28.4 Å². The number of amides is 1. The molecule has 0 spiro atoms. The lowest BCUT2D eigenvalue weighted by Crippen LogP contribution is -2.20. The van der Waals surface area contributed by atoms with Crippen molar-refractivity contribution in [2.75, 3.05) is 0 Å². The molecule has 30 heavy (non-hydrogen) atoms. The molecule has 9 heteroatoms. The van der Waals surface area contributed by atoms with Gasteiger partial charge < -0.3 is 15.6 Å². The summed E-state index contributed by atoms with van der Waals surface area (Å²) in [6, 6.07) is 12.4. The van der Waals surface area contributed by atoms with Gasteiger partial charge >= 0.3 is 0 Å². The molecule has 3 aromatic heterocycles. The fourth-order valence-electron chi connectivity index (χ4n) is 2.87. The van der Waals surface area contributed by atoms with Gasteiger partial charge in [-0.1, -0.05) is 18.2 Å². The molecule has 154 valence electrons. The van der Waals surface area contributed by atoms with Crippen LogP contribution in [0, 0.1) is 18.2 Å². The normalized spacial score (nSPS) is 10.4. The van der Waals surface area contributed by atoms with Gasteiger partial charge in [0.25, 0.3) is 0 Å². The van der Waals surface area contributed by atoms with Gasteiger partial charge in [0, 0.05) is 42.0 Å². The summed E-state index contributed by atoms with van der Waals surface area (Å²) >= 11 is 0. The number of benzene rings is 1. The van der Waals surface area contributed by atoms with Gasteiger partial charge in [0.2, 0.25) is 12.4 Å². The lowest BCUT2D eigenvalue weighted by Gasteiger charge is -2.00. The van der Waals surface area contributed by atoms with Crippen LogP contribution in [0.4, 0.5) is 4.39 Å². The molecule has 4 N–H and O–H groups in total. The first kappa shape index (κ1) is 20.7. The highest BCUT2D eigenvalue weighted by Crippen LogP contribution is 2.22. The van der Waals surface area contributed by atoms with Gasteiger partial charge in [-0.15, -0.1) is 0 Å². The molecular weight excluding hydrogens is 385 g/mol. The van der Waals surface area contributed by atoms with E-state index in [1.165, 1.54) is 16.4 Å². The molecule has 0 saturated heterocycles. The van der Waals surface area contributed by atoms with Crippen molar-refractivity contribution < 1.29 is 9.18 Å². The number of rotatable bonds is 4. The molecule has 0 unspecified atom stereocenters. The van der Waals surface area contributed by atoms with E-state index < -0.39 is 0 Å². The van der Waals surface area contributed by atoms with Crippen LogP contribution in [0.1, 0.15) is 11.3 Å². The first-order valence-electron chi connectivity index (χ1n) is 9.13. The van der Waals surface area contributed by atoms with E-state index in [0.717, 1.165) is 22.3 Å². The van der Waals surface area contributed by atoms with Crippen molar-refractivity contribution in [1.82, 2.24) is 24.6 Å². The fraction of sp³-hybridized carbons (Fsp3) is 0.143. The summed E-state index contributed by atoms with van der Waals surface area (Å²) in [4.78, 5) is 14.5. The number of pyridine rings is 1. The van der Waals surface area contributed by atoms with E-state index in [1.807, 2.05) is 23.7 Å². The second-order valence-corrected chi connectivity index (χ2v) is 6.60. The zero-order valence-corrected chi connectivity index (χ0v) is 16.6. The van der Waals surface area contributed by atoms with E-state index >= 15 is 0 Å². The fourth-order valence-corrected chi connectivity index (χ4v) is 2.87. The maximum atomic E-state index is 12.8. The van der Waals surface area contributed by atoms with Gasteiger partial charge in [0.15, 0.2) is 0 Å². The Balaban J connectivity index is 0.000000199. The first-order valence-corrected chi connectivity index (χ1v) is 9.13. The predicted octanol–water partition coefficient (Wildman–Crippen LogP) is 2.56. The van der Waals surface area contributed by atoms with Gasteiger partial charge in [-0.25, -0.2) is 14.1 Å². The molecule has 1 aromatic carbocycles.